The average Bonchev–Trinajstić information content (AvgIpc) is 2.69. The molecule has 2 aromatic rings. The Labute approximate surface area is 200 Å². The van der Waals surface area contributed by atoms with E-state index in [0.717, 1.165) is 0 Å². The summed E-state index contributed by atoms with van der Waals surface area (Å²) in [6, 6.07) is 4.38. The van der Waals surface area contributed by atoms with Crippen LogP contribution >= 0.6 is 8.58 Å². The molecule has 0 aromatic heterocycles. The summed E-state index contributed by atoms with van der Waals surface area (Å²) in [5, 5.41) is 0.0623. The van der Waals surface area contributed by atoms with Gasteiger partial charge in [0.2, 0.25) is 0 Å². The molecule has 0 N–H and O–H groups in total. The van der Waals surface area contributed by atoms with E-state index in [1.165, 1.54) is 12.1 Å². The van der Waals surface area contributed by atoms with Gasteiger partial charge >= 0.3 is 12.4 Å². The normalized spacial score (nSPS) is 11.9. The predicted octanol–water partition coefficient (Wildman–Crippen LogP) is 5.68. The first-order valence-corrected chi connectivity index (χ1v) is 10.6. The molecule has 0 spiro atoms. The predicted molar refractivity (Wildman–Crippen MR) is 114 cm³/mol. The molecule has 0 heterocycles. The van der Waals surface area contributed by atoms with Crippen LogP contribution in [0.4, 0.5) is 26.3 Å². The maximum Gasteiger partial charge on any atom is 0.417 e. The number of alkyl halides is 6. The maximum atomic E-state index is 13.5. The number of benzene rings is 2. The van der Waals surface area contributed by atoms with Gasteiger partial charge in [-0.05, 0) is 41.5 Å². The molecule has 0 saturated carbocycles. The minimum atomic E-state index is -5.15. The second kappa shape index (κ2) is 12.0. The molecule has 0 aliphatic heterocycles. The summed E-state index contributed by atoms with van der Waals surface area (Å²) in [5.41, 5.74) is -6.06. The summed E-state index contributed by atoms with van der Waals surface area (Å²) >= 11 is 0. The van der Waals surface area contributed by atoms with Gasteiger partial charge in [0.15, 0.2) is 5.52 Å². The van der Waals surface area contributed by atoms with Crippen LogP contribution in [-0.4, -0.2) is 44.2 Å². The topological polar surface area (TPSA) is 44.8 Å². The van der Waals surface area contributed by atoms with E-state index in [4.69, 9.17) is 14.2 Å². The van der Waals surface area contributed by atoms with Crippen molar-refractivity contribution in [2.24, 2.45) is 0 Å². The largest absolute Gasteiger partial charge is 0.494 e. The van der Waals surface area contributed by atoms with E-state index in [0.29, 0.717) is 30.6 Å². The summed E-state index contributed by atoms with van der Waals surface area (Å²) in [6.45, 7) is 5.59. The third-order valence-electron chi connectivity index (χ3n) is 4.09. The molecule has 4 nitrogen and oxygen atoms in total. The van der Waals surface area contributed by atoms with Gasteiger partial charge in [-0.15, -0.1) is 0 Å². The Morgan fingerprint density at radius 1 is 0.818 bits per heavy atom. The van der Waals surface area contributed by atoms with Crippen LogP contribution in [0.5, 0.6) is 17.2 Å². The average molecular weight is 489 g/mol. The van der Waals surface area contributed by atoms with Gasteiger partial charge in [0, 0.05) is 36.6 Å². The minimum Gasteiger partial charge on any atom is -0.494 e. The van der Waals surface area contributed by atoms with E-state index in [1.54, 1.807) is 20.8 Å². The summed E-state index contributed by atoms with van der Waals surface area (Å²) < 4.78 is 97.2. The molecule has 1 unspecified atom stereocenters. The summed E-state index contributed by atoms with van der Waals surface area (Å²) in [6.07, 6.45) is -10.3. The van der Waals surface area contributed by atoms with Crippen LogP contribution in [0.1, 0.15) is 42.3 Å². The van der Waals surface area contributed by atoms with Crippen LogP contribution in [0.3, 0.4) is 0 Å². The van der Waals surface area contributed by atoms with E-state index in [2.05, 4.69) is 0 Å². The van der Waals surface area contributed by atoms with Gasteiger partial charge in [-0.1, -0.05) is 6.07 Å². The van der Waals surface area contributed by atoms with Gasteiger partial charge in [0.05, 0.1) is 36.3 Å². The molecule has 33 heavy (non-hydrogen) atoms. The van der Waals surface area contributed by atoms with Crippen LogP contribution in [0.25, 0.3) is 0 Å². The third-order valence-corrected chi connectivity index (χ3v) is 5.31. The Balaban J connectivity index is 0.00000544. The van der Waals surface area contributed by atoms with E-state index >= 15 is 0 Å². The van der Waals surface area contributed by atoms with Gasteiger partial charge in [-0.2, -0.15) is 26.3 Å². The zero-order chi connectivity index (χ0) is 24.1. The van der Waals surface area contributed by atoms with Crippen LogP contribution in [0, 0.1) is 0 Å². The number of halogens is 6. The first kappa shape index (κ1) is 29.1. The molecule has 0 fully saturated rings. The van der Waals surface area contributed by atoms with Gasteiger partial charge in [0.25, 0.3) is 0 Å². The number of carbonyl (C=O) groups is 1. The Morgan fingerprint density at radius 3 is 1.61 bits per heavy atom. The summed E-state index contributed by atoms with van der Waals surface area (Å²) in [5.74, 6) is 0.505. The quantitative estimate of drug-likeness (QED) is 0.258. The molecule has 1 atom stereocenters. The van der Waals surface area contributed by atoms with Crippen molar-refractivity contribution < 1.29 is 45.3 Å². The molecule has 1 radical (unpaired) electrons. The van der Waals surface area contributed by atoms with E-state index < -0.39 is 43.1 Å². The number of ether oxygens (including phenoxy) is 3. The van der Waals surface area contributed by atoms with Crippen molar-refractivity contribution in [2.75, 3.05) is 19.8 Å². The van der Waals surface area contributed by atoms with E-state index in [9.17, 15) is 31.1 Å². The zero-order valence-corrected chi connectivity index (χ0v) is 19.4. The fraction of sp³-hybridized carbons (Fsp3) is 0.381. The third kappa shape index (κ3) is 7.30. The van der Waals surface area contributed by atoms with Crippen LogP contribution in [0.15, 0.2) is 30.3 Å². The van der Waals surface area contributed by atoms with Crippen LogP contribution in [0.2, 0.25) is 0 Å². The van der Waals surface area contributed by atoms with Gasteiger partial charge in [0.1, 0.15) is 17.2 Å². The standard InChI is InChI=1S/C21H21F6O4P.Li/c1-4-29-12-10-15(30-5-2)18(16(11-12)31-6-3)32-19(28)17-13(20(22,23)24)8-7-9-14(17)21(25,26)27;/h7-11,32H,4-6H2,1-3H3;. The number of hydrogen-bond donors (Lipinski definition) is 0. The summed E-state index contributed by atoms with van der Waals surface area (Å²) in [7, 11) is -1.12. The molecule has 177 valence electrons. The zero-order valence-electron chi connectivity index (χ0n) is 18.4. The smallest absolute Gasteiger partial charge is 0.417 e. The Morgan fingerprint density at radius 2 is 1.24 bits per heavy atom. The second-order valence-electron chi connectivity index (χ2n) is 6.27. The number of carbonyl (C=O) groups excluding carboxylic acids is 1. The van der Waals surface area contributed by atoms with E-state index in [1.807, 2.05) is 0 Å². The fourth-order valence-corrected chi connectivity index (χ4v) is 4.08. The monoisotopic (exact) mass is 489 g/mol. The Bertz CT molecular complexity index is 903. The van der Waals surface area contributed by atoms with Crippen LogP contribution < -0.4 is 19.5 Å². The first-order chi connectivity index (χ1) is 14.9. The van der Waals surface area contributed by atoms with Crippen molar-refractivity contribution in [1.29, 1.82) is 0 Å². The molecule has 0 aliphatic carbocycles. The van der Waals surface area contributed by atoms with Crippen molar-refractivity contribution >= 4 is 38.3 Å². The SMILES string of the molecule is CCOc1cc(OCC)c(PC(=O)c2c(C(F)(F)F)cccc2C(F)(F)F)c(OCC)c1.[Li]. The molecular weight excluding hydrogens is 468 g/mol. The second-order valence-corrected chi connectivity index (χ2v) is 7.48. The molecule has 2 aromatic carbocycles. The minimum absolute atomic E-state index is 0. The Kier molecular flexibility index (Phi) is 10.6. The Hall–Kier alpha value is -1.88. The van der Waals surface area contributed by atoms with Crippen molar-refractivity contribution in [1.82, 2.24) is 0 Å². The maximum absolute atomic E-state index is 13.5. The summed E-state index contributed by atoms with van der Waals surface area (Å²) in [4.78, 5) is 12.9. The number of hydrogen-bond acceptors (Lipinski definition) is 4. The fourth-order valence-electron chi connectivity index (χ4n) is 2.92. The molecule has 12 heteroatoms. The molecule has 0 saturated heterocycles. The molecule has 0 aliphatic rings. The van der Waals surface area contributed by atoms with Crippen molar-refractivity contribution in [3.63, 3.8) is 0 Å². The van der Waals surface area contributed by atoms with E-state index in [-0.39, 0.29) is 48.9 Å². The van der Waals surface area contributed by atoms with Crippen molar-refractivity contribution in [2.45, 2.75) is 33.1 Å². The van der Waals surface area contributed by atoms with Crippen molar-refractivity contribution in [3.8, 4) is 17.2 Å². The van der Waals surface area contributed by atoms with Gasteiger partial charge in [-0.25, -0.2) is 0 Å². The van der Waals surface area contributed by atoms with Gasteiger partial charge in [-0.3, -0.25) is 4.79 Å². The molecule has 0 amide bonds. The molecule has 2 rings (SSSR count). The molecule has 0 bridgehead atoms. The molecular formula is C21H21F6LiO4P. The van der Waals surface area contributed by atoms with Crippen molar-refractivity contribution in [3.05, 3.63) is 47.0 Å². The van der Waals surface area contributed by atoms with Crippen LogP contribution in [-0.2, 0) is 12.4 Å². The number of rotatable bonds is 9. The first-order valence-electron chi connectivity index (χ1n) is 9.59. The van der Waals surface area contributed by atoms with Gasteiger partial charge < -0.3 is 14.2 Å².